The molecule has 0 bridgehead atoms. The third-order valence-corrected chi connectivity index (χ3v) is 3.07. The monoisotopic (exact) mass is 235 g/mol. The van der Waals surface area contributed by atoms with E-state index in [0.29, 0.717) is 0 Å². The van der Waals surface area contributed by atoms with Gasteiger partial charge in [-0.1, -0.05) is 33.6 Å². The van der Waals surface area contributed by atoms with E-state index in [1.807, 2.05) is 13.8 Å². The quantitative estimate of drug-likeness (QED) is 0.724. The first kappa shape index (κ1) is 14.6. The smallest absolute Gasteiger partial charge is 0.209 e. The van der Waals surface area contributed by atoms with Crippen LogP contribution >= 0.6 is 0 Å². The molecule has 0 spiro atoms. The van der Waals surface area contributed by atoms with Crippen molar-refractivity contribution < 1.29 is 13.2 Å². The van der Waals surface area contributed by atoms with Crippen LogP contribution in [0.3, 0.4) is 0 Å². The number of unbranched alkanes of at least 4 members (excludes halogenated alkanes) is 1. The molecule has 0 saturated heterocycles. The Morgan fingerprint density at radius 3 is 2.27 bits per heavy atom. The Labute approximate surface area is 92.5 Å². The molecular weight excluding hydrogens is 214 g/mol. The number of hydrogen-bond acceptors (Lipinski definition) is 3. The highest BCUT2D eigenvalue weighted by molar-refractivity contribution is 7.88. The van der Waals surface area contributed by atoms with Gasteiger partial charge < -0.3 is 0 Å². The van der Waals surface area contributed by atoms with Gasteiger partial charge in [0.05, 0.1) is 12.8 Å². The highest BCUT2D eigenvalue weighted by Crippen LogP contribution is 2.24. The molecule has 0 aromatic rings. The highest BCUT2D eigenvalue weighted by Gasteiger charge is 2.26. The van der Waals surface area contributed by atoms with Gasteiger partial charge in [0.15, 0.2) is 5.78 Å². The topological polar surface area (TPSA) is 63.2 Å². The van der Waals surface area contributed by atoms with Gasteiger partial charge in [-0.15, -0.1) is 0 Å². The summed E-state index contributed by atoms with van der Waals surface area (Å²) in [6.07, 6.45) is 3.88. The van der Waals surface area contributed by atoms with Crippen LogP contribution in [0.25, 0.3) is 0 Å². The van der Waals surface area contributed by atoms with Crippen LogP contribution in [-0.2, 0) is 14.8 Å². The molecule has 0 saturated carbocycles. The van der Waals surface area contributed by atoms with E-state index >= 15 is 0 Å². The normalized spacial score (nSPS) is 12.8. The molecule has 0 aliphatic rings. The zero-order valence-electron chi connectivity index (χ0n) is 9.96. The molecule has 4 nitrogen and oxygen atoms in total. The summed E-state index contributed by atoms with van der Waals surface area (Å²) < 4.78 is 23.9. The molecule has 1 N–H and O–H groups in total. The Hall–Kier alpha value is -0.420. The van der Waals surface area contributed by atoms with Crippen LogP contribution < -0.4 is 4.72 Å². The Bertz CT molecular complexity index is 307. The molecule has 0 aliphatic heterocycles. The SMILES string of the molecule is CCCCC(C)(C)C(=O)CNS(C)(=O)=O. The molecule has 0 atom stereocenters. The average molecular weight is 235 g/mol. The first-order valence-corrected chi connectivity index (χ1v) is 7.06. The third kappa shape index (κ3) is 6.62. The summed E-state index contributed by atoms with van der Waals surface area (Å²) in [5.74, 6) is -0.0543. The number of rotatable bonds is 7. The predicted molar refractivity (Wildman–Crippen MR) is 61.2 cm³/mol. The molecule has 0 radical (unpaired) electrons. The minimum atomic E-state index is -3.27. The fraction of sp³-hybridized carbons (Fsp3) is 0.900. The van der Waals surface area contributed by atoms with Crippen molar-refractivity contribution in [3.8, 4) is 0 Å². The minimum Gasteiger partial charge on any atom is -0.298 e. The van der Waals surface area contributed by atoms with E-state index in [0.717, 1.165) is 25.5 Å². The van der Waals surface area contributed by atoms with Gasteiger partial charge in [0.2, 0.25) is 10.0 Å². The van der Waals surface area contributed by atoms with Crippen molar-refractivity contribution in [2.75, 3.05) is 12.8 Å². The van der Waals surface area contributed by atoms with Crippen LogP contribution in [0.4, 0.5) is 0 Å². The van der Waals surface area contributed by atoms with Crippen LogP contribution in [0.5, 0.6) is 0 Å². The second-order valence-electron chi connectivity index (χ2n) is 4.50. The zero-order valence-corrected chi connectivity index (χ0v) is 10.8. The number of ketones is 1. The second-order valence-corrected chi connectivity index (χ2v) is 6.34. The van der Waals surface area contributed by atoms with Crippen LogP contribution in [0, 0.1) is 5.41 Å². The van der Waals surface area contributed by atoms with Crippen LogP contribution in [-0.4, -0.2) is 27.0 Å². The average Bonchev–Trinajstić information content (AvgIpc) is 2.09. The second kappa shape index (κ2) is 5.61. The first-order valence-electron chi connectivity index (χ1n) is 5.17. The summed E-state index contributed by atoms with van der Waals surface area (Å²) >= 11 is 0. The Kier molecular flexibility index (Phi) is 5.45. The van der Waals surface area contributed by atoms with Gasteiger partial charge in [-0.3, -0.25) is 4.79 Å². The number of Topliss-reactive ketones (excluding diaryl/α,β-unsaturated/α-hetero) is 1. The maximum Gasteiger partial charge on any atom is 0.209 e. The Balaban J connectivity index is 4.19. The molecule has 15 heavy (non-hydrogen) atoms. The number of hydrogen-bond donors (Lipinski definition) is 1. The summed E-state index contributed by atoms with van der Waals surface area (Å²) in [7, 11) is -3.27. The number of carbonyl (C=O) groups excluding carboxylic acids is 1. The van der Waals surface area contributed by atoms with Crippen molar-refractivity contribution in [2.45, 2.75) is 40.0 Å². The fourth-order valence-electron chi connectivity index (χ4n) is 1.19. The van der Waals surface area contributed by atoms with E-state index < -0.39 is 15.4 Å². The van der Waals surface area contributed by atoms with Gasteiger partial charge in [-0.2, -0.15) is 0 Å². The third-order valence-electron chi connectivity index (χ3n) is 2.41. The van der Waals surface area contributed by atoms with E-state index in [9.17, 15) is 13.2 Å². The number of sulfonamides is 1. The standard InChI is InChI=1S/C10H21NO3S/c1-5-6-7-10(2,3)9(12)8-11-15(4,13)14/h11H,5-8H2,1-4H3. The first-order chi connectivity index (χ1) is 6.69. The van der Waals surface area contributed by atoms with Gasteiger partial charge >= 0.3 is 0 Å². The van der Waals surface area contributed by atoms with Crippen LogP contribution in [0.1, 0.15) is 40.0 Å². The molecule has 5 heteroatoms. The van der Waals surface area contributed by atoms with E-state index in [4.69, 9.17) is 0 Å². The summed E-state index contributed by atoms with van der Waals surface area (Å²) in [6, 6.07) is 0. The summed E-state index contributed by atoms with van der Waals surface area (Å²) in [5.41, 5.74) is -0.437. The number of carbonyl (C=O) groups is 1. The van der Waals surface area contributed by atoms with Crippen molar-refractivity contribution in [2.24, 2.45) is 5.41 Å². The molecule has 90 valence electrons. The minimum absolute atomic E-state index is 0.0543. The maximum absolute atomic E-state index is 11.7. The number of nitrogens with one attached hydrogen (secondary N) is 1. The maximum atomic E-state index is 11.7. The molecule has 0 unspecified atom stereocenters. The molecule has 0 heterocycles. The van der Waals surface area contributed by atoms with E-state index in [2.05, 4.69) is 11.6 Å². The Morgan fingerprint density at radius 2 is 1.87 bits per heavy atom. The molecule has 0 aliphatic carbocycles. The van der Waals surface area contributed by atoms with Gasteiger partial charge in [0, 0.05) is 5.41 Å². The summed E-state index contributed by atoms with van der Waals surface area (Å²) in [5, 5.41) is 0. The molecule has 0 aromatic heterocycles. The van der Waals surface area contributed by atoms with Crippen LogP contribution in [0.15, 0.2) is 0 Å². The van der Waals surface area contributed by atoms with Crippen molar-refractivity contribution in [3.63, 3.8) is 0 Å². The Morgan fingerprint density at radius 1 is 1.33 bits per heavy atom. The van der Waals surface area contributed by atoms with E-state index in [1.54, 1.807) is 0 Å². The van der Waals surface area contributed by atoms with Gasteiger partial charge in [0.1, 0.15) is 0 Å². The molecular formula is C10H21NO3S. The lowest BCUT2D eigenvalue weighted by atomic mass is 9.83. The lowest BCUT2D eigenvalue weighted by Crippen LogP contribution is -2.36. The highest BCUT2D eigenvalue weighted by atomic mass is 32.2. The van der Waals surface area contributed by atoms with Gasteiger partial charge in [0.25, 0.3) is 0 Å². The van der Waals surface area contributed by atoms with E-state index in [1.165, 1.54) is 0 Å². The molecule has 0 amide bonds. The zero-order chi connectivity index (χ0) is 12.1. The molecule has 0 aromatic carbocycles. The molecule has 0 fully saturated rings. The predicted octanol–water partition coefficient (Wildman–Crippen LogP) is 1.32. The van der Waals surface area contributed by atoms with Crippen molar-refractivity contribution in [1.29, 1.82) is 0 Å². The van der Waals surface area contributed by atoms with Crippen molar-refractivity contribution in [3.05, 3.63) is 0 Å². The fourth-order valence-corrected chi connectivity index (χ4v) is 1.59. The molecule has 0 rings (SSSR count). The van der Waals surface area contributed by atoms with Crippen molar-refractivity contribution in [1.82, 2.24) is 4.72 Å². The van der Waals surface area contributed by atoms with Crippen LogP contribution in [0.2, 0.25) is 0 Å². The van der Waals surface area contributed by atoms with Gasteiger partial charge in [-0.25, -0.2) is 13.1 Å². The van der Waals surface area contributed by atoms with Gasteiger partial charge in [-0.05, 0) is 6.42 Å². The van der Waals surface area contributed by atoms with Crippen molar-refractivity contribution >= 4 is 15.8 Å². The van der Waals surface area contributed by atoms with E-state index in [-0.39, 0.29) is 12.3 Å². The largest absolute Gasteiger partial charge is 0.298 e. The lowest BCUT2D eigenvalue weighted by molar-refractivity contribution is -0.126. The lowest BCUT2D eigenvalue weighted by Gasteiger charge is -2.22. The summed E-state index contributed by atoms with van der Waals surface area (Å²) in [6.45, 7) is 5.68. The summed E-state index contributed by atoms with van der Waals surface area (Å²) in [4.78, 5) is 11.7.